The third-order valence-corrected chi connectivity index (χ3v) is 8.71. The largest absolute Gasteiger partial charge is 0.487 e. The molecule has 214 valence electrons. The van der Waals surface area contributed by atoms with Crippen LogP contribution < -0.4 is 4.74 Å². The molecular formula is C30H34F3N3O4. The number of benzene rings is 2. The molecule has 2 aromatic rings. The van der Waals surface area contributed by atoms with Gasteiger partial charge >= 0.3 is 5.97 Å². The molecular weight excluding hydrogens is 523 g/mol. The summed E-state index contributed by atoms with van der Waals surface area (Å²) in [5.74, 6) is 0.520. The van der Waals surface area contributed by atoms with E-state index in [-0.39, 0.29) is 11.4 Å². The van der Waals surface area contributed by atoms with Crippen LogP contribution in [0.2, 0.25) is 0 Å². The minimum atomic E-state index is -2.60. The number of ether oxygens (including phenoxy) is 1. The molecule has 0 aromatic heterocycles. The molecule has 1 N–H and O–H groups in total. The number of alkyl halides is 2. The maximum atomic E-state index is 13.6. The Morgan fingerprint density at radius 3 is 2.50 bits per heavy atom. The second-order valence-corrected chi connectivity index (χ2v) is 12.0. The number of nitrogens with zero attached hydrogens (tertiary/aromatic N) is 3. The highest BCUT2D eigenvalue weighted by Crippen LogP contribution is 2.48. The van der Waals surface area contributed by atoms with Gasteiger partial charge in [-0.25, -0.2) is 13.2 Å². The van der Waals surface area contributed by atoms with Gasteiger partial charge in [-0.2, -0.15) is 0 Å². The van der Waals surface area contributed by atoms with Gasteiger partial charge in [0.15, 0.2) is 5.60 Å². The molecule has 1 saturated carbocycles. The van der Waals surface area contributed by atoms with Crippen molar-refractivity contribution in [1.29, 1.82) is 0 Å². The molecule has 3 aliphatic heterocycles. The number of hydrogen-bond donors (Lipinski definition) is 1. The average Bonchev–Trinajstić information content (AvgIpc) is 3.66. The van der Waals surface area contributed by atoms with Crippen molar-refractivity contribution in [3.05, 3.63) is 53.3 Å². The van der Waals surface area contributed by atoms with Crippen molar-refractivity contribution >= 4 is 11.8 Å². The van der Waals surface area contributed by atoms with Crippen molar-refractivity contribution in [3.8, 4) is 16.9 Å². The number of amidine groups is 1. The van der Waals surface area contributed by atoms with Crippen LogP contribution in [-0.2, 0) is 16.2 Å². The van der Waals surface area contributed by atoms with Crippen molar-refractivity contribution in [2.24, 2.45) is 10.6 Å². The lowest BCUT2D eigenvalue weighted by Gasteiger charge is -2.45. The zero-order valence-corrected chi connectivity index (χ0v) is 22.5. The van der Waals surface area contributed by atoms with E-state index in [1.165, 1.54) is 12.1 Å². The van der Waals surface area contributed by atoms with Gasteiger partial charge in [0.05, 0.1) is 11.8 Å². The minimum Gasteiger partial charge on any atom is -0.487 e. The number of halogens is 3. The number of oxime groups is 1. The van der Waals surface area contributed by atoms with Crippen molar-refractivity contribution in [2.75, 3.05) is 32.8 Å². The molecule has 0 atom stereocenters. The summed E-state index contributed by atoms with van der Waals surface area (Å²) in [7, 11) is 0. The maximum absolute atomic E-state index is 13.6. The molecule has 3 fully saturated rings. The number of hydrogen-bond acceptors (Lipinski definition) is 6. The first-order valence-corrected chi connectivity index (χ1v) is 13.9. The van der Waals surface area contributed by atoms with Gasteiger partial charge in [-0.15, -0.1) is 0 Å². The zero-order chi connectivity index (χ0) is 28.1. The Kier molecular flexibility index (Phi) is 6.92. The van der Waals surface area contributed by atoms with E-state index in [9.17, 15) is 23.1 Å². The molecule has 0 bridgehead atoms. The van der Waals surface area contributed by atoms with Crippen molar-refractivity contribution in [1.82, 2.24) is 9.80 Å². The van der Waals surface area contributed by atoms with Crippen LogP contribution in [0, 0.1) is 11.2 Å². The fourth-order valence-electron chi connectivity index (χ4n) is 6.15. The number of carboxylic acids is 1. The highest BCUT2D eigenvalue weighted by molar-refractivity contribution is 5.85. The molecule has 0 amide bonds. The predicted octanol–water partition coefficient (Wildman–Crippen LogP) is 5.49. The number of piperidine rings is 1. The molecule has 6 rings (SSSR count). The van der Waals surface area contributed by atoms with Crippen molar-refractivity contribution < 1.29 is 32.6 Å². The fraction of sp³-hybridized carbons (Fsp3) is 0.533. The number of carbonyl (C=O) groups is 1. The lowest BCUT2D eigenvalue weighted by molar-refractivity contribution is -0.150. The quantitative estimate of drug-likeness (QED) is 0.463. The van der Waals surface area contributed by atoms with Gasteiger partial charge in [-0.3, -0.25) is 9.69 Å². The summed E-state index contributed by atoms with van der Waals surface area (Å²) in [6.45, 7) is 4.39. The van der Waals surface area contributed by atoms with E-state index in [4.69, 9.17) is 9.57 Å². The van der Waals surface area contributed by atoms with Crippen molar-refractivity contribution in [2.45, 2.75) is 63.5 Å². The van der Waals surface area contributed by atoms with E-state index in [0.717, 1.165) is 40.9 Å². The van der Waals surface area contributed by atoms with Crippen LogP contribution in [0.25, 0.3) is 11.1 Å². The summed E-state index contributed by atoms with van der Waals surface area (Å²) < 4.78 is 45.5. The maximum Gasteiger partial charge on any atom is 0.309 e. The summed E-state index contributed by atoms with van der Waals surface area (Å²) in [6, 6.07) is 10.1. The third kappa shape index (κ3) is 5.38. The van der Waals surface area contributed by atoms with Crippen LogP contribution in [0.4, 0.5) is 13.2 Å². The first-order valence-electron chi connectivity index (χ1n) is 13.9. The SMILES string of the molecule is CC1(C(=O)O)CCN(C2=NOC3(C2)CN(Cc2cc(OCC(F)F)c(-c4ccc(F)cc4)c(C4CC4)c2)C3)CC1. The normalized spacial score (nSPS) is 21.7. The van der Waals surface area contributed by atoms with Gasteiger partial charge in [0.25, 0.3) is 6.43 Å². The number of rotatable bonds is 8. The summed E-state index contributed by atoms with van der Waals surface area (Å²) in [6.07, 6.45) is 1.29. The summed E-state index contributed by atoms with van der Waals surface area (Å²) in [5, 5.41) is 13.9. The monoisotopic (exact) mass is 557 g/mol. The topological polar surface area (TPSA) is 74.6 Å². The van der Waals surface area contributed by atoms with Gasteiger partial charge in [0, 0.05) is 38.3 Å². The molecule has 1 aliphatic carbocycles. The molecule has 1 spiro atoms. The smallest absolute Gasteiger partial charge is 0.309 e. The van der Waals surface area contributed by atoms with E-state index in [1.54, 1.807) is 19.1 Å². The van der Waals surface area contributed by atoms with E-state index in [1.807, 2.05) is 6.07 Å². The van der Waals surface area contributed by atoms with Crippen LogP contribution in [0.1, 0.15) is 56.1 Å². The summed E-state index contributed by atoms with van der Waals surface area (Å²) >= 11 is 0. The standard InChI is InChI=1S/C30H34F3N3O4/c1-29(28(37)38)8-10-36(11-9-29)26-14-30(40-34-26)17-35(18-30)15-19-12-23(20-2-3-20)27(21-4-6-22(31)7-5-21)24(13-19)39-16-25(32)33/h4-7,12-13,20,25H,2-3,8-11,14-18H2,1H3,(H,37,38). The zero-order valence-electron chi connectivity index (χ0n) is 22.5. The first-order chi connectivity index (χ1) is 19.1. The Bertz CT molecular complexity index is 1300. The van der Waals surface area contributed by atoms with Gasteiger partial charge in [-0.1, -0.05) is 23.4 Å². The van der Waals surface area contributed by atoms with Crippen LogP contribution in [0.15, 0.2) is 41.6 Å². The molecule has 7 nitrogen and oxygen atoms in total. The molecule has 2 saturated heterocycles. The van der Waals surface area contributed by atoms with E-state index in [2.05, 4.69) is 21.0 Å². The van der Waals surface area contributed by atoms with Gasteiger partial charge < -0.3 is 19.6 Å². The molecule has 40 heavy (non-hydrogen) atoms. The molecule has 0 unspecified atom stereocenters. The molecule has 10 heteroatoms. The number of likely N-dealkylation sites (tertiary alicyclic amines) is 2. The first kappa shape index (κ1) is 26.9. The highest BCUT2D eigenvalue weighted by atomic mass is 19.3. The van der Waals surface area contributed by atoms with E-state index >= 15 is 0 Å². The number of carboxylic acid groups (broad SMARTS) is 1. The lowest BCUT2D eigenvalue weighted by atomic mass is 9.80. The Hall–Kier alpha value is -3.27. The summed E-state index contributed by atoms with van der Waals surface area (Å²) in [4.78, 5) is 21.9. The van der Waals surface area contributed by atoms with Gasteiger partial charge in [-0.05, 0) is 73.4 Å². The molecule has 0 radical (unpaired) electrons. The van der Waals surface area contributed by atoms with Crippen LogP contribution in [0.5, 0.6) is 5.75 Å². The van der Waals surface area contributed by atoms with Crippen LogP contribution >= 0.6 is 0 Å². The molecule has 3 heterocycles. The Labute approximate surface area is 231 Å². The van der Waals surface area contributed by atoms with E-state index < -0.39 is 24.4 Å². The second kappa shape index (κ2) is 10.3. The fourth-order valence-corrected chi connectivity index (χ4v) is 6.15. The number of aliphatic carboxylic acids is 1. The van der Waals surface area contributed by atoms with E-state index in [0.29, 0.717) is 63.7 Å². The van der Waals surface area contributed by atoms with Gasteiger partial charge in [0.2, 0.25) is 0 Å². The Morgan fingerprint density at radius 1 is 1.18 bits per heavy atom. The highest BCUT2D eigenvalue weighted by Gasteiger charge is 2.51. The minimum absolute atomic E-state index is 0.332. The van der Waals surface area contributed by atoms with Crippen molar-refractivity contribution in [3.63, 3.8) is 0 Å². The van der Waals surface area contributed by atoms with Crippen LogP contribution in [-0.4, -0.2) is 71.5 Å². The average molecular weight is 558 g/mol. The third-order valence-electron chi connectivity index (χ3n) is 8.71. The Morgan fingerprint density at radius 2 is 1.88 bits per heavy atom. The Balaban J connectivity index is 1.13. The lowest BCUT2D eigenvalue weighted by Crippen LogP contribution is -2.61. The predicted molar refractivity (Wildman–Crippen MR) is 143 cm³/mol. The molecule has 2 aromatic carbocycles. The van der Waals surface area contributed by atoms with Gasteiger partial charge in [0.1, 0.15) is 24.0 Å². The van der Waals surface area contributed by atoms with Crippen LogP contribution in [0.3, 0.4) is 0 Å². The summed E-state index contributed by atoms with van der Waals surface area (Å²) in [5.41, 5.74) is 2.49. The molecule has 4 aliphatic rings. The second-order valence-electron chi connectivity index (χ2n) is 12.0.